The zero-order valence-corrected chi connectivity index (χ0v) is 18.5. The molecule has 3 aromatic rings. The number of thioether (sulfide) groups is 1. The van der Waals surface area contributed by atoms with Gasteiger partial charge in [-0.2, -0.15) is 0 Å². The van der Waals surface area contributed by atoms with E-state index in [0.29, 0.717) is 9.93 Å². The summed E-state index contributed by atoms with van der Waals surface area (Å²) in [4.78, 5) is 29.1. The van der Waals surface area contributed by atoms with Gasteiger partial charge in [0.1, 0.15) is 6.54 Å². The highest BCUT2D eigenvalue weighted by Crippen LogP contribution is 2.42. The maximum atomic E-state index is 13.3. The Bertz CT molecular complexity index is 1150. The van der Waals surface area contributed by atoms with Crippen molar-refractivity contribution in [2.75, 3.05) is 11.4 Å². The number of hydrogen-bond acceptors (Lipinski definition) is 3. The van der Waals surface area contributed by atoms with E-state index < -0.39 is 0 Å². The second kappa shape index (κ2) is 9.41. The predicted molar refractivity (Wildman–Crippen MR) is 127 cm³/mol. The van der Waals surface area contributed by atoms with Crippen LogP contribution in [0.15, 0.2) is 88.7 Å². The van der Waals surface area contributed by atoms with Gasteiger partial charge in [0.2, 0.25) is 5.91 Å². The summed E-state index contributed by atoms with van der Waals surface area (Å²) >= 11 is 7.67. The van der Waals surface area contributed by atoms with E-state index in [-0.39, 0.29) is 24.4 Å². The summed E-state index contributed by atoms with van der Waals surface area (Å²) < 4.78 is 0. The first kappa shape index (κ1) is 21.2. The molecule has 1 aliphatic heterocycles. The SMILES string of the molecule is C[C@H](NC(=O)CN1C(=O)/C(=C\c2ccccc2Cl)Sc2ccccc21)c1ccccc1. The molecule has 1 N–H and O–H groups in total. The molecule has 0 radical (unpaired) electrons. The van der Waals surface area contributed by atoms with Gasteiger partial charge >= 0.3 is 0 Å². The highest BCUT2D eigenvalue weighted by atomic mass is 35.5. The van der Waals surface area contributed by atoms with Gasteiger partial charge in [-0.3, -0.25) is 14.5 Å². The molecule has 4 rings (SSSR count). The minimum atomic E-state index is -0.219. The molecule has 0 aromatic heterocycles. The molecule has 6 heteroatoms. The number of hydrogen-bond donors (Lipinski definition) is 1. The summed E-state index contributed by atoms with van der Waals surface area (Å²) in [5.41, 5.74) is 2.51. The third-order valence-corrected chi connectivity index (χ3v) is 6.42. The Labute approximate surface area is 190 Å². The fourth-order valence-electron chi connectivity index (χ4n) is 3.41. The van der Waals surface area contributed by atoms with Crippen LogP contribution in [0.5, 0.6) is 0 Å². The van der Waals surface area contributed by atoms with E-state index in [1.807, 2.05) is 79.7 Å². The molecule has 1 atom stereocenters. The topological polar surface area (TPSA) is 49.4 Å². The number of benzene rings is 3. The van der Waals surface area contributed by atoms with E-state index >= 15 is 0 Å². The zero-order chi connectivity index (χ0) is 21.8. The maximum Gasteiger partial charge on any atom is 0.265 e. The van der Waals surface area contributed by atoms with E-state index in [0.717, 1.165) is 21.7 Å². The van der Waals surface area contributed by atoms with Gasteiger partial charge in [0, 0.05) is 9.92 Å². The molecular weight excluding hydrogens is 428 g/mol. The predicted octanol–water partition coefficient (Wildman–Crippen LogP) is 5.70. The highest BCUT2D eigenvalue weighted by molar-refractivity contribution is 8.04. The van der Waals surface area contributed by atoms with Crippen LogP contribution in [0, 0.1) is 0 Å². The van der Waals surface area contributed by atoms with Crippen molar-refractivity contribution in [1.82, 2.24) is 5.32 Å². The van der Waals surface area contributed by atoms with Crippen molar-refractivity contribution < 1.29 is 9.59 Å². The summed E-state index contributed by atoms with van der Waals surface area (Å²) in [7, 11) is 0. The van der Waals surface area contributed by atoms with Crippen LogP contribution < -0.4 is 10.2 Å². The lowest BCUT2D eigenvalue weighted by Crippen LogP contribution is -2.43. The van der Waals surface area contributed by atoms with Crippen LogP contribution in [-0.2, 0) is 9.59 Å². The number of rotatable bonds is 5. The lowest BCUT2D eigenvalue weighted by atomic mass is 10.1. The quantitative estimate of drug-likeness (QED) is 0.509. The number of nitrogens with zero attached hydrogens (tertiary/aromatic N) is 1. The van der Waals surface area contributed by atoms with Gasteiger partial charge in [-0.25, -0.2) is 0 Å². The molecule has 1 heterocycles. The Kier molecular flexibility index (Phi) is 6.44. The smallest absolute Gasteiger partial charge is 0.265 e. The van der Waals surface area contributed by atoms with Gasteiger partial charge in [0.05, 0.1) is 16.6 Å². The number of nitrogens with one attached hydrogen (secondary N) is 1. The van der Waals surface area contributed by atoms with Crippen LogP contribution in [-0.4, -0.2) is 18.4 Å². The molecule has 2 amide bonds. The normalized spacial score (nSPS) is 15.5. The van der Waals surface area contributed by atoms with Crippen molar-refractivity contribution in [1.29, 1.82) is 0 Å². The average Bonchev–Trinajstić information content (AvgIpc) is 2.78. The highest BCUT2D eigenvalue weighted by Gasteiger charge is 2.30. The van der Waals surface area contributed by atoms with Crippen molar-refractivity contribution in [3.8, 4) is 0 Å². The second-order valence-electron chi connectivity index (χ2n) is 7.19. The van der Waals surface area contributed by atoms with Gasteiger partial charge in [-0.15, -0.1) is 0 Å². The fourth-order valence-corrected chi connectivity index (χ4v) is 4.65. The molecule has 1 aliphatic rings. The molecule has 4 nitrogen and oxygen atoms in total. The van der Waals surface area contributed by atoms with Crippen LogP contribution in [0.4, 0.5) is 5.69 Å². The number of para-hydroxylation sites is 1. The van der Waals surface area contributed by atoms with E-state index in [2.05, 4.69) is 5.32 Å². The third-order valence-electron chi connectivity index (χ3n) is 5.00. The standard InChI is InChI=1S/C25H21ClN2O2S/c1-17(18-9-3-2-4-10-18)27-24(29)16-28-21-13-7-8-14-22(21)31-23(25(28)30)15-19-11-5-6-12-20(19)26/h2-15,17H,16H2,1H3,(H,27,29)/b23-15+/t17-/m0/s1. The first-order valence-corrected chi connectivity index (χ1v) is 11.1. The van der Waals surface area contributed by atoms with Gasteiger partial charge < -0.3 is 5.32 Å². The Morgan fingerprint density at radius 3 is 2.48 bits per heavy atom. The van der Waals surface area contributed by atoms with Gasteiger partial charge in [0.15, 0.2) is 0 Å². The first-order valence-electron chi connectivity index (χ1n) is 9.92. The number of fused-ring (bicyclic) bond motifs is 1. The van der Waals surface area contributed by atoms with Crippen LogP contribution in [0.25, 0.3) is 6.08 Å². The largest absolute Gasteiger partial charge is 0.348 e. The van der Waals surface area contributed by atoms with Gasteiger partial charge in [-0.1, -0.05) is 84.0 Å². The van der Waals surface area contributed by atoms with E-state index in [9.17, 15) is 9.59 Å². The zero-order valence-electron chi connectivity index (χ0n) is 16.9. The maximum absolute atomic E-state index is 13.3. The Balaban J connectivity index is 1.59. The number of halogens is 1. The second-order valence-corrected chi connectivity index (χ2v) is 8.68. The van der Waals surface area contributed by atoms with Crippen molar-refractivity contribution in [3.63, 3.8) is 0 Å². The average molecular weight is 449 g/mol. The molecule has 0 aliphatic carbocycles. The van der Waals surface area contributed by atoms with E-state index in [4.69, 9.17) is 11.6 Å². The first-order chi connectivity index (χ1) is 15.0. The van der Waals surface area contributed by atoms with Gasteiger partial charge in [0.25, 0.3) is 5.91 Å². The number of amides is 2. The molecule has 31 heavy (non-hydrogen) atoms. The monoisotopic (exact) mass is 448 g/mol. The molecule has 0 spiro atoms. The molecule has 0 saturated heterocycles. The molecule has 0 fully saturated rings. The fraction of sp³-hybridized carbons (Fsp3) is 0.120. The Hall–Kier alpha value is -3.02. The number of anilines is 1. The summed E-state index contributed by atoms with van der Waals surface area (Å²) in [5.74, 6) is -0.436. The molecular formula is C25H21ClN2O2S. The van der Waals surface area contributed by atoms with Crippen LogP contribution in [0.3, 0.4) is 0 Å². The summed E-state index contributed by atoms with van der Waals surface area (Å²) in [6.07, 6.45) is 1.78. The van der Waals surface area contributed by atoms with Crippen LogP contribution in [0.1, 0.15) is 24.1 Å². The van der Waals surface area contributed by atoms with Gasteiger partial charge in [-0.05, 0) is 42.3 Å². The van der Waals surface area contributed by atoms with Crippen LogP contribution in [0.2, 0.25) is 5.02 Å². The molecule has 156 valence electrons. The lowest BCUT2D eigenvalue weighted by molar-refractivity contribution is -0.122. The molecule has 0 saturated carbocycles. The van der Waals surface area contributed by atoms with Crippen molar-refractivity contribution in [3.05, 3.63) is 99.9 Å². The van der Waals surface area contributed by atoms with E-state index in [1.54, 1.807) is 12.1 Å². The molecule has 3 aromatic carbocycles. The minimum absolute atomic E-state index is 0.0621. The number of carbonyl (C=O) groups is 2. The third kappa shape index (κ3) is 4.84. The minimum Gasteiger partial charge on any atom is -0.348 e. The molecule has 0 unspecified atom stereocenters. The van der Waals surface area contributed by atoms with Crippen molar-refractivity contribution >= 4 is 46.9 Å². The Morgan fingerprint density at radius 1 is 1.03 bits per heavy atom. The van der Waals surface area contributed by atoms with E-state index in [1.165, 1.54) is 16.7 Å². The van der Waals surface area contributed by atoms with Crippen molar-refractivity contribution in [2.24, 2.45) is 0 Å². The number of carbonyl (C=O) groups excluding carboxylic acids is 2. The van der Waals surface area contributed by atoms with Crippen molar-refractivity contribution in [2.45, 2.75) is 17.9 Å². The summed E-state index contributed by atoms with van der Waals surface area (Å²) in [6.45, 7) is 1.87. The summed E-state index contributed by atoms with van der Waals surface area (Å²) in [5, 5.41) is 3.56. The summed E-state index contributed by atoms with van der Waals surface area (Å²) in [6, 6.07) is 24.6. The molecule has 0 bridgehead atoms. The van der Waals surface area contributed by atoms with Crippen LogP contribution >= 0.6 is 23.4 Å². The Morgan fingerprint density at radius 2 is 1.71 bits per heavy atom. The lowest BCUT2D eigenvalue weighted by Gasteiger charge is -2.30.